The molecule has 1 aliphatic rings. The van der Waals surface area contributed by atoms with E-state index >= 15 is 0 Å². The van der Waals surface area contributed by atoms with Gasteiger partial charge in [-0.05, 0) is 74.2 Å². The van der Waals surface area contributed by atoms with E-state index in [-0.39, 0.29) is 0 Å². The monoisotopic (exact) mass is 470 g/mol. The molecule has 1 saturated heterocycles. The number of aryl methyl sites for hydroxylation is 1. The molecule has 8 heteroatoms. The fourth-order valence-electron chi connectivity index (χ4n) is 4.80. The first kappa shape index (κ1) is 23.0. The average molecular weight is 471 g/mol. The summed E-state index contributed by atoms with van der Waals surface area (Å²) in [5.74, 6) is 1.77. The van der Waals surface area contributed by atoms with Crippen molar-refractivity contribution < 1.29 is 9.53 Å². The molecule has 0 atom stereocenters. The number of anilines is 2. The molecule has 1 N–H and O–H groups in total. The fourth-order valence-corrected chi connectivity index (χ4v) is 4.80. The standard InChI is InChI=1S/C27H30N6O2/c1-19-17-28-27(31-26(19)22-18-29-33-12-4-3-6-24(22)33)30-23-8-7-21(16-25(23)35-2)20-9-13-32(14-10-20)11-5-15-34/h3-4,6-8,12,15-18,20H,5,9-11,13-14H2,1-2H3,(H,28,30,31). The van der Waals surface area contributed by atoms with Crippen molar-refractivity contribution in [2.45, 2.75) is 32.1 Å². The Morgan fingerprint density at radius 3 is 2.83 bits per heavy atom. The van der Waals surface area contributed by atoms with Gasteiger partial charge in [-0.3, -0.25) is 0 Å². The van der Waals surface area contributed by atoms with Gasteiger partial charge in [-0.1, -0.05) is 12.1 Å². The van der Waals surface area contributed by atoms with Gasteiger partial charge in [-0.25, -0.2) is 14.5 Å². The Bertz CT molecular complexity index is 1330. The molecule has 0 aliphatic carbocycles. The van der Waals surface area contributed by atoms with E-state index in [9.17, 15) is 4.79 Å². The van der Waals surface area contributed by atoms with E-state index in [1.165, 1.54) is 5.56 Å². The number of aldehydes is 1. The summed E-state index contributed by atoms with van der Waals surface area (Å²) in [5, 5.41) is 7.79. The van der Waals surface area contributed by atoms with Gasteiger partial charge < -0.3 is 19.7 Å². The summed E-state index contributed by atoms with van der Waals surface area (Å²) in [4.78, 5) is 22.4. The molecule has 0 bridgehead atoms. The molecule has 8 nitrogen and oxygen atoms in total. The lowest BCUT2D eigenvalue weighted by Crippen LogP contribution is -2.33. The van der Waals surface area contributed by atoms with Gasteiger partial charge in [0.15, 0.2) is 0 Å². The third-order valence-electron chi connectivity index (χ3n) is 6.75. The van der Waals surface area contributed by atoms with Crippen molar-refractivity contribution in [2.24, 2.45) is 0 Å². The third kappa shape index (κ3) is 4.88. The Kier molecular flexibility index (Phi) is 6.72. The van der Waals surface area contributed by atoms with Gasteiger partial charge in [0, 0.05) is 30.9 Å². The molecule has 0 unspecified atom stereocenters. The summed E-state index contributed by atoms with van der Waals surface area (Å²) in [6, 6.07) is 12.3. The number of hydrogen-bond donors (Lipinski definition) is 1. The van der Waals surface area contributed by atoms with E-state index < -0.39 is 0 Å². The van der Waals surface area contributed by atoms with Crippen LogP contribution in [0.3, 0.4) is 0 Å². The summed E-state index contributed by atoms with van der Waals surface area (Å²) >= 11 is 0. The highest BCUT2D eigenvalue weighted by Gasteiger charge is 2.21. The van der Waals surface area contributed by atoms with Crippen LogP contribution in [-0.2, 0) is 4.79 Å². The molecule has 5 rings (SSSR count). The zero-order valence-electron chi connectivity index (χ0n) is 20.1. The lowest BCUT2D eigenvalue weighted by atomic mass is 9.89. The van der Waals surface area contributed by atoms with Gasteiger partial charge in [-0.2, -0.15) is 5.10 Å². The number of likely N-dealkylation sites (tertiary alicyclic amines) is 1. The van der Waals surface area contributed by atoms with Gasteiger partial charge in [0.2, 0.25) is 5.95 Å². The number of carbonyl (C=O) groups is 1. The van der Waals surface area contributed by atoms with Crippen LogP contribution in [0.5, 0.6) is 5.75 Å². The molecule has 3 aromatic heterocycles. The molecule has 4 aromatic rings. The van der Waals surface area contributed by atoms with E-state index in [0.29, 0.717) is 18.3 Å². The number of fused-ring (bicyclic) bond motifs is 1. The minimum Gasteiger partial charge on any atom is -0.495 e. The van der Waals surface area contributed by atoms with E-state index in [2.05, 4.69) is 32.4 Å². The Morgan fingerprint density at radius 2 is 2.03 bits per heavy atom. The number of benzene rings is 1. The summed E-state index contributed by atoms with van der Waals surface area (Å²) in [7, 11) is 1.69. The number of piperidine rings is 1. The van der Waals surface area contributed by atoms with Crippen LogP contribution in [-0.4, -0.2) is 57.5 Å². The number of rotatable bonds is 8. The number of methoxy groups -OCH3 is 1. The highest BCUT2D eigenvalue weighted by Crippen LogP contribution is 2.35. The van der Waals surface area contributed by atoms with Crippen molar-refractivity contribution in [3.8, 4) is 17.0 Å². The Hall–Kier alpha value is -3.78. The maximum absolute atomic E-state index is 10.7. The molecule has 180 valence electrons. The summed E-state index contributed by atoms with van der Waals surface area (Å²) in [5.41, 5.74) is 5.90. The molecule has 1 aromatic carbocycles. The topological polar surface area (TPSA) is 84.6 Å². The second kappa shape index (κ2) is 10.2. The minimum atomic E-state index is 0.489. The number of ether oxygens (including phenoxy) is 1. The lowest BCUT2D eigenvalue weighted by molar-refractivity contribution is -0.108. The van der Waals surface area contributed by atoms with Crippen LogP contribution in [0.25, 0.3) is 16.8 Å². The van der Waals surface area contributed by atoms with Crippen molar-refractivity contribution in [1.29, 1.82) is 0 Å². The van der Waals surface area contributed by atoms with Crippen molar-refractivity contribution in [3.63, 3.8) is 0 Å². The normalized spacial score (nSPS) is 14.8. The summed E-state index contributed by atoms with van der Waals surface area (Å²) in [6.07, 6.45) is 9.37. The predicted octanol–water partition coefficient (Wildman–Crippen LogP) is 4.62. The molecular formula is C27H30N6O2. The van der Waals surface area contributed by atoms with Crippen LogP contribution in [0, 0.1) is 6.92 Å². The van der Waals surface area contributed by atoms with Gasteiger partial charge in [-0.15, -0.1) is 0 Å². The highest BCUT2D eigenvalue weighted by molar-refractivity contribution is 5.80. The molecule has 0 spiro atoms. The molecule has 0 saturated carbocycles. The number of hydrogen-bond acceptors (Lipinski definition) is 7. The van der Waals surface area contributed by atoms with Crippen LogP contribution >= 0.6 is 0 Å². The number of carbonyl (C=O) groups excluding carboxylic acids is 1. The minimum absolute atomic E-state index is 0.489. The zero-order valence-corrected chi connectivity index (χ0v) is 20.1. The first-order valence-corrected chi connectivity index (χ1v) is 12.0. The lowest BCUT2D eigenvalue weighted by Gasteiger charge is -2.32. The van der Waals surface area contributed by atoms with Crippen molar-refractivity contribution in [1.82, 2.24) is 24.5 Å². The molecular weight excluding hydrogens is 440 g/mol. The zero-order chi connectivity index (χ0) is 24.2. The van der Waals surface area contributed by atoms with Gasteiger partial charge in [0.25, 0.3) is 0 Å². The maximum atomic E-state index is 10.7. The Morgan fingerprint density at radius 1 is 1.17 bits per heavy atom. The highest BCUT2D eigenvalue weighted by atomic mass is 16.5. The fraction of sp³-hybridized carbons (Fsp3) is 0.333. The van der Waals surface area contributed by atoms with E-state index in [4.69, 9.17) is 9.72 Å². The Labute approximate surface area is 205 Å². The summed E-state index contributed by atoms with van der Waals surface area (Å²) in [6.45, 7) is 4.90. The number of aromatic nitrogens is 4. The quantitative estimate of drug-likeness (QED) is 0.376. The smallest absolute Gasteiger partial charge is 0.227 e. The van der Waals surface area contributed by atoms with E-state index in [1.807, 2.05) is 54.3 Å². The van der Waals surface area contributed by atoms with Crippen LogP contribution in [0.2, 0.25) is 0 Å². The Balaban J connectivity index is 1.35. The number of nitrogens with zero attached hydrogens (tertiary/aromatic N) is 5. The summed E-state index contributed by atoms with van der Waals surface area (Å²) < 4.78 is 7.57. The van der Waals surface area contributed by atoms with Gasteiger partial charge in [0.1, 0.15) is 12.0 Å². The van der Waals surface area contributed by atoms with Crippen LogP contribution in [0.4, 0.5) is 11.6 Å². The van der Waals surface area contributed by atoms with Gasteiger partial charge >= 0.3 is 0 Å². The van der Waals surface area contributed by atoms with Crippen LogP contribution in [0.15, 0.2) is 55.0 Å². The van der Waals surface area contributed by atoms with Crippen molar-refractivity contribution in [3.05, 3.63) is 66.1 Å². The van der Waals surface area contributed by atoms with Crippen LogP contribution < -0.4 is 10.1 Å². The maximum Gasteiger partial charge on any atom is 0.227 e. The second-order valence-electron chi connectivity index (χ2n) is 8.97. The average Bonchev–Trinajstić information content (AvgIpc) is 3.33. The van der Waals surface area contributed by atoms with E-state index in [0.717, 1.165) is 72.5 Å². The van der Waals surface area contributed by atoms with Gasteiger partial charge in [0.05, 0.1) is 30.2 Å². The second-order valence-corrected chi connectivity index (χ2v) is 8.97. The molecule has 0 radical (unpaired) electrons. The van der Waals surface area contributed by atoms with Crippen LogP contribution in [0.1, 0.15) is 36.3 Å². The molecule has 1 aliphatic heterocycles. The molecule has 35 heavy (non-hydrogen) atoms. The van der Waals surface area contributed by atoms with Crippen molar-refractivity contribution >= 4 is 23.4 Å². The number of nitrogens with one attached hydrogen (secondary N) is 1. The molecule has 1 fully saturated rings. The molecule has 4 heterocycles. The largest absolute Gasteiger partial charge is 0.495 e. The first-order chi connectivity index (χ1) is 17.2. The predicted molar refractivity (Wildman–Crippen MR) is 136 cm³/mol. The van der Waals surface area contributed by atoms with E-state index in [1.54, 1.807) is 7.11 Å². The van der Waals surface area contributed by atoms with Crippen molar-refractivity contribution in [2.75, 3.05) is 32.1 Å². The first-order valence-electron chi connectivity index (χ1n) is 12.0. The third-order valence-corrected chi connectivity index (χ3v) is 6.75. The number of pyridine rings is 1. The SMILES string of the molecule is COc1cc(C2CCN(CCC=O)CC2)ccc1Nc1ncc(C)c(-c2cnn3ccccc23)n1. The molecule has 0 amide bonds.